The van der Waals surface area contributed by atoms with E-state index in [2.05, 4.69) is 84.5 Å². The second-order valence-electron chi connectivity index (χ2n) is 6.67. The molecule has 0 saturated heterocycles. The highest BCUT2D eigenvalue weighted by Crippen LogP contribution is 2.42. The largest absolute Gasteiger partial charge is 0.378 e. The number of anilines is 1. The quantitative estimate of drug-likeness (QED) is 0.706. The molecule has 0 spiro atoms. The van der Waals surface area contributed by atoms with Gasteiger partial charge in [0.25, 0.3) is 0 Å². The van der Waals surface area contributed by atoms with E-state index in [0.29, 0.717) is 6.04 Å². The van der Waals surface area contributed by atoms with E-state index in [1.165, 1.54) is 39.7 Å². The van der Waals surface area contributed by atoms with Gasteiger partial charge in [0.05, 0.1) is 6.04 Å². The Hall–Kier alpha value is -1.28. The number of rotatable bonds is 2. The normalized spacial score (nSPS) is 19.9. The van der Waals surface area contributed by atoms with Crippen molar-refractivity contribution in [2.75, 3.05) is 5.32 Å². The SMILES string of the molecule is Cc1cc(NC2CCC(C)(C)c3ccccc32)ccc1Br. The predicted molar refractivity (Wildman–Crippen MR) is 93.9 cm³/mol. The van der Waals surface area contributed by atoms with Crippen molar-refractivity contribution in [1.29, 1.82) is 0 Å². The van der Waals surface area contributed by atoms with Crippen LogP contribution < -0.4 is 5.32 Å². The zero-order valence-corrected chi connectivity index (χ0v) is 14.5. The van der Waals surface area contributed by atoms with Gasteiger partial charge in [0.1, 0.15) is 0 Å². The van der Waals surface area contributed by atoms with Gasteiger partial charge in [-0.25, -0.2) is 0 Å². The smallest absolute Gasteiger partial charge is 0.0517 e. The van der Waals surface area contributed by atoms with Crippen LogP contribution >= 0.6 is 15.9 Å². The summed E-state index contributed by atoms with van der Waals surface area (Å²) in [6.45, 7) is 6.84. The number of halogens is 1. The van der Waals surface area contributed by atoms with Crippen LogP contribution in [0.4, 0.5) is 5.69 Å². The van der Waals surface area contributed by atoms with Crippen LogP contribution in [-0.2, 0) is 5.41 Å². The van der Waals surface area contributed by atoms with Gasteiger partial charge in [0.2, 0.25) is 0 Å². The summed E-state index contributed by atoms with van der Waals surface area (Å²) < 4.78 is 1.17. The van der Waals surface area contributed by atoms with E-state index in [4.69, 9.17) is 0 Å². The maximum atomic E-state index is 3.72. The monoisotopic (exact) mass is 343 g/mol. The summed E-state index contributed by atoms with van der Waals surface area (Å²) in [5.41, 5.74) is 5.70. The van der Waals surface area contributed by atoms with Crippen LogP contribution in [0.5, 0.6) is 0 Å². The molecular formula is C19H22BrN. The first-order valence-corrected chi connectivity index (χ1v) is 8.39. The summed E-state index contributed by atoms with van der Waals surface area (Å²) in [7, 11) is 0. The maximum absolute atomic E-state index is 3.72. The predicted octanol–water partition coefficient (Wildman–Crippen LogP) is 5.98. The first-order valence-electron chi connectivity index (χ1n) is 7.59. The second-order valence-corrected chi connectivity index (χ2v) is 7.53. The first kappa shape index (κ1) is 14.6. The number of aryl methyl sites for hydroxylation is 1. The van der Waals surface area contributed by atoms with Gasteiger partial charge in [0.15, 0.2) is 0 Å². The number of hydrogen-bond donors (Lipinski definition) is 1. The zero-order chi connectivity index (χ0) is 15.0. The molecule has 0 saturated carbocycles. The summed E-state index contributed by atoms with van der Waals surface area (Å²) in [6, 6.07) is 15.8. The van der Waals surface area contributed by atoms with Crippen molar-refractivity contribution in [3.05, 3.63) is 63.6 Å². The van der Waals surface area contributed by atoms with Crippen LogP contribution in [-0.4, -0.2) is 0 Å². The molecule has 21 heavy (non-hydrogen) atoms. The van der Waals surface area contributed by atoms with Crippen LogP contribution in [0.2, 0.25) is 0 Å². The lowest BCUT2D eigenvalue weighted by Crippen LogP contribution is -2.29. The van der Waals surface area contributed by atoms with Gasteiger partial charge >= 0.3 is 0 Å². The fraction of sp³-hybridized carbons (Fsp3) is 0.368. The lowest BCUT2D eigenvalue weighted by molar-refractivity contribution is 0.406. The Morgan fingerprint density at radius 1 is 1.14 bits per heavy atom. The van der Waals surface area contributed by atoms with E-state index in [-0.39, 0.29) is 5.41 Å². The molecule has 0 heterocycles. The molecule has 1 aliphatic carbocycles. The molecule has 2 aromatic rings. The average Bonchev–Trinajstić information content (AvgIpc) is 2.46. The summed E-state index contributed by atoms with van der Waals surface area (Å²) in [6.07, 6.45) is 2.40. The minimum Gasteiger partial charge on any atom is -0.378 e. The van der Waals surface area contributed by atoms with E-state index >= 15 is 0 Å². The first-order chi connectivity index (χ1) is 9.97. The van der Waals surface area contributed by atoms with Gasteiger partial charge in [-0.2, -0.15) is 0 Å². The third kappa shape index (κ3) is 2.87. The molecule has 2 aromatic carbocycles. The van der Waals surface area contributed by atoms with E-state index in [9.17, 15) is 0 Å². The number of nitrogens with one attached hydrogen (secondary N) is 1. The Labute approximate surface area is 135 Å². The highest BCUT2D eigenvalue weighted by atomic mass is 79.9. The molecular weight excluding hydrogens is 322 g/mol. The van der Waals surface area contributed by atoms with Crippen molar-refractivity contribution >= 4 is 21.6 Å². The molecule has 0 aliphatic heterocycles. The van der Waals surface area contributed by atoms with Gasteiger partial charge < -0.3 is 5.32 Å². The van der Waals surface area contributed by atoms with Crippen molar-refractivity contribution in [2.24, 2.45) is 0 Å². The molecule has 0 amide bonds. The molecule has 1 N–H and O–H groups in total. The number of fused-ring (bicyclic) bond motifs is 1. The Bertz CT molecular complexity index is 660. The van der Waals surface area contributed by atoms with Crippen molar-refractivity contribution in [1.82, 2.24) is 0 Å². The van der Waals surface area contributed by atoms with Crippen LogP contribution in [0.3, 0.4) is 0 Å². The van der Waals surface area contributed by atoms with E-state index in [0.717, 1.165) is 0 Å². The Morgan fingerprint density at radius 2 is 1.90 bits per heavy atom. The molecule has 110 valence electrons. The lowest BCUT2D eigenvalue weighted by Gasteiger charge is -2.37. The zero-order valence-electron chi connectivity index (χ0n) is 12.9. The topological polar surface area (TPSA) is 12.0 Å². The summed E-state index contributed by atoms with van der Waals surface area (Å²) in [4.78, 5) is 0. The second kappa shape index (κ2) is 5.49. The Balaban J connectivity index is 1.92. The number of hydrogen-bond acceptors (Lipinski definition) is 1. The molecule has 1 nitrogen and oxygen atoms in total. The van der Waals surface area contributed by atoms with Gasteiger partial charge in [-0.15, -0.1) is 0 Å². The summed E-state index contributed by atoms with van der Waals surface area (Å²) in [5.74, 6) is 0. The molecule has 2 heteroatoms. The van der Waals surface area contributed by atoms with E-state index in [1.54, 1.807) is 0 Å². The average molecular weight is 344 g/mol. The highest BCUT2D eigenvalue weighted by Gasteiger charge is 2.32. The van der Waals surface area contributed by atoms with Crippen molar-refractivity contribution < 1.29 is 0 Å². The van der Waals surface area contributed by atoms with E-state index < -0.39 is 0 Å². The minimum atomic E-state index is 0.282. The van der Waals surface area contributed by atoms with E-state index in [1.807, 2.05) is 0 Å². The molecule has 1 unspecified atom stereocenters. The highest BCUT2D eigenvalue weighted by molar-refractivity contribution is 9.10. The van der Waals surface area contributed by atoms with Gasteiger partial charge in [0, 0.05) is 10.2 Å². The molecule has 0 radical (unpaired) electrons. The maximum Gasteiger partial charge on any atom is 0.0517 e. The summed E-state index contributed by atoms with van der Waals surface area (Å²) in [5, 5.41) is 3.72. The van der Waals surface area contributed by atoms with Gasteiger partial charge in [-0.1, -0.05) is 54.0 Å². The van der Waals surface area contributed by atoms with Crippen molar-refractivity contribution in [3.63, 3.8) is 0 Å². The number of benzene rings is 2. The minimum absolute atomic E-state index is 0.282. The third-order valence-electron chi connectivity index (χ3n) is 4.62. The molecule has 1 aliphatic rings. The fourth-order valence-electron chi connectivity index (χ4n) is 3.30. The molecule has 3 rings (SSSR count). The molecule has 0 aromatic heterocycles. The van der Waals surface area contributed by atoms with Gasteiger partial charge in [-0.05, 0) is 60.1 Å². The van der Waals surface area contributed by atoms with Crippen molar-refractivity contribution in [3.8, 4) is 0 Å². The van der Waals surface area contributed by atoms with Crippen LogP contribution in [0.1, 0.15) is 49.4 Å². The molecule has 1 atom stereocenters. The third-order valence-corrected chi connectivity index (χ3v) is 5.51. The van der Waals surface area contributed by atoms with Crippen LogP contribution in [0.25, 0.3) is 0 Å². The Kier molecular flexibility index (Phi) is 3.83. The Morgan fingerprint density at radius 3 is 2.67 bits per heavy atom. The fourth-order valence-corrected chi connectivity index (χ4v) is 3.54. The standard InChI is InChI=1S/C19H22BrN/c1-13-12-14(8-9-17(13)20)21-18-10-11-19(2,3)16-7-5-4-6-15(16)18/h4-9,12,18,21H,10-11H2,1-3H3. The van der Waals surface area contributed by atoms with Crippen LogP contribution in [0, 0.1) is 6.92 Å². The summed E-state index contributed by atoms with van der Waals surface area (Å²) >= 11 is 3.57. The van der Waals surface area contributed by atoms with Gasteiger partial charge in [-0.3, -0.25) is 0 Å². The van der Waals surface area contributed by atoms with Crippen molar-refractivity contribution in [2.45, 2.75) is 45.1 Å². The van der Waals surface area contributed by atoms with Crippen LogP contribution in [0.15, 0.2) is 46.9 Å². The molecule has 0 bridgehead atoms. The lowest BCUT2D eigenvalue weighted by atomic mass is 9.71. The molecule has 0 fully saturated rings.